The Labute approximate surface area is 155 Å². The van der Waals surface area contributed by atoms with Crippen molar-refractivity contribution >= 4 is 23.6 Å². The maximum atomic E-state index is 12.5. The highest BCUT2D eigenvalue weighted by molar-refractivity contribution is 8.00. The molecule has 0 aromatic heterocycles. The van der Waals surface area contributed by atoms with Crippen molar-refractivity contribution in [1.29, 1.82) is 0 Å². The predicted molar refractivity (Wildman–Crippen MR) is 104 cm³/mol. The Kier molecular flexibility index (Phi) is 8.32. The molecule has 0 radical (unpaired) electrons. The normalized spacial score (nSPS) is 15.0. The van der Waals surface area contributed by atoms with Crippen molar-refractivity contribution in [3.8, 4) is 0 Å². The molecule has 0 unspecified atom stereocenters. The standard InChI is InChI=1S/C20H30N2O2S/c1-3-4-14-21-20(24)17-12-8-9-13-18(17)25-15-19(23)22(2)16-10-6-5-7-11-16/h8-9,12-13,16H,3-7,10-11,14-15H2,1-2H3,(H,21,24). The summed E-state index contributed by atoms with van der Waals surface area (Å²) in [5.74, 6) is 0.481. The average Bonchev–Trinajstić information content (AvgIpc) is 2.66. The molecule has 1 aromatic carbocycles. The largest absolute Gasteiger partial charge is 0.352 e. The van der Waals surface area contributed by atoms with Crippen LogP contribution in [0.25, 0.3) is 0 Å². The van der Waals surface area contributed by atoms with Gasteiger partial charge in [-0.2, -0.15) is 0 Å². The number of hydrogen-bond donors (Lipinski definition) is 1. The highest BCUT2D eigenvalue weighted by Crippen LogP contribution is 2.25. The number of amides is 2. The summed E-state index contributed by atoms with van der Waals surface area (Å²) in [6.45, 7) is 2.79. The van der Waals surface area contributed by atoms with Gasteiger partial charge in [-0.05, 0) is 31.4 Å². The molecule has 0 spiro atoms. The monoisotopic (exact) mass is 362 g/mol. The predicted octanol–water partition coefficient (Wildman–Crippen LogP) is 4.10. The van der Waals surface area contributed by atoms with E-state index < -0.39 is 0 Å². The third-order valence-electron chi connectivity index (χ3n) is 4.81. The van der Waals surface area contributed by atoms with Crippen LogP contribution in [0.15, 0.2) is 29.2 Å². The zero-order valence-electron chi connectivity index (χ0n) is 15.4. The summed E-state index contributed by atoms with van der Waals surface area (Å²) in [6, 6.07) is 7.93. The van der Waals surface area contributed by atoms with Gasteiger partial charge in [-0.3, -0.25) is 9.59 Å². The number of unbranched alkanes of at least 4 members (excludes halogenated alkanes) is 1. The summed E-state index contributed by atoms with van der Waals surface area (Å²) in [7, 11) is 1.92. The molecule has 1 aliphatic carbocycles. The Balaban J connectivity index is 1.91. The van der Waals surface area contributed by atoms with Gasteiger partial charge in [0.05, 0.1) is 11.3 Å². The van der Waals surface area contributed by atoms with Crippen molar-refractivity contribution in [2.45, 2.75) is 62.8 Å². The van der Waals surface area contributed by atoms with Crippen molar-refractivity contribution in [3.05, 3.63) is 29.8 Å². The summed E-state index contributed by atoms with van der Waals surface area (Å²) in [5, 5.41) is 2.95. The van der Waals surface area contributed by atoms with E-state index in [2.05, 4.69) is 12.2 Å². The number of rotatable bonds is 8. The minimum Gasteiger partial charge on any atom is -0.352 e. The number of nitrogens with zero attached hydrogens (tertiary/aromatic N) is 1. The molecule has 0 heterocycles. The van der Waals surface area contributed by atoms with Gasteiger partial charge in [-0.25, -0.2) is 0 Å². The second kappa shape index (κ2) is 10.5. The maximum absolute atomic E-state index is 12.5. The van der Waals surface area contributed by atoms with Crippen LogP contribution < -0.4 is 5.32 Å². The Morgan fingerprint density at radius 1 is 1.20 bits per heavy atom. The molecular formula is C20H30N2O2S. The summed E-state index contributed by atoms with van der Waals surface area (Å²) in [6.07, 6.45) is 7.98. The van der Waals surface area contributed by atoms with Gasteiger partial charge < -0.3 is 10.2 Å². The lowest BCUT2D eigenvalue weighted by Crippen LogP contribution is -2.39. The lowest BCUT2D eigenvalue weighted by Gasteiger charge is -2.31. The van der Waals surface area contributed by atoms with Crippen LogP contribution in [0.1, 0.15) is 62.2 Å². The molecule has 2 amide bonds. The molecule has 4 nitrogen and oxygen atoms in total. The fourth-order valence-corrected chi connectivity index (χ4v) is 4.14. The molecule has 1 fully saturated rings. The number of benzene rings is 1. The first-order valence-corrected chi connectivity index (χ1v) is 10.4. The molecule has 0 bridgehead atoms. The first-order valence-electron chi connectivity index (χ1n) is 9.39. The van der Waals surface area contributed by atoms with E-state index in [9.17, 15) is 9.59 Å². The van der Waals surface area contributed by atoms with Crippen molar-refractivity contribution < 1.29 is 9.59 Å². The van der Waals surface area contributed by atoms with E-state index in [1.165, 1.54) is 31.0 Å². The van der Waals surface area contributed by atoms with Crippen LogP contribution in [0.2, 0.25) is 0 Å². The third-order valence-corrected chi connectivity index (χ3v) is 5.87. The molecule has 0 aliphatic heterocycles. The molecule has 5 heteroatoms. The quantitative estimate of drug-likeness (QED) is 0.559. The molecule has 0 saturated heterocycles. The number of nitrogens with one attached hydrogen (secondary N) is 1. The van der Waals surface area contributed by atoms with Gasteiger partial charge in [0.1, 0.15) is 0 Å². The lowest BCUT2D eigenvalue weighted by molar-refractivity contribution is -0.129. The first-order chi connectivity index (χ1) is 12.1. The molecule has 1 aliphatic rings. The van der Waals surface area contributed by atoms with Crippen molar-refractivity contribution in [1.82, 2.24) is 10.2 Å². The van der Waals surface area contributed by atoms with E-state index in [0.29, 0.717) is 23.9 Å². The van der Waals surface area contributed by atoms with Crippen LogP contribution in [-0.4, -0.2) is 42.1 Å². The molecule has 0 atom stereocenters. The average molecular weight is 363 g/mol. The van der Waals surface area contributed by atoms with E-state index >= 15 is 0 Å². The maximum Gasteiger partial charge on any atom is 0.252 e. The van der Waals surface area contributed by atoms with Gasteiger partial charge in [0.2, 0.25) is 5.91 Å². The Morgan fingerprint density at radius 3 is 2.64 bits per heavy atom. The number of thioether (sulfide) groups is 1. The van der Waals surface area contributed by atoms with Gasteiger partial charge in [0.15, 0.2) is 0 Å². The zero-order valence-corrected chi connectivity index (χ0v) is 16.2. The fraction of sp³-hybridized carbons (Fsp3) is 0.600. The molecule has 25 heavy (non-hydrogen) atoms. The molecule has 1 saturated carbocycles. The Bertz CT molecular complexity index is 571. The minimum absolute atomic E-state index is 0.0513. The van der Waals surface area contributed by atoms with Gasteiger partial charge in [-0.1, -0.05) is 44.7 Å². The zero-order chi connectivity index (χ0) is 18.1. The number of hydrogen-bond acceptors (Lipinski definition) is 3. The van der Waals surface area contributed by atoms with E-state index in [4.69, 9.17) is 0 Å². The third kappa shape index (κ3) is 6.07. The van der Waals surface area contributed by atoms with E-state index in [1.54, 1.807) is 0 Å². The number of carbonyl (C=O) groups is 2. The van der Waals surface area contributed by atoms with Gasteiger partial charge in [-0.15, -0.1) is 11.8 Å². The van der Waals surface area contributed by atoms with Crippen LogP contribution in [-0.2, 0) is 4.79 Å². The van der Waals surface area contributed by atoms with E-state index in [1.807, 2.05) is 36.2 Å². The summed E-state index contributed by atoms with van der Waals surface area (Å²) >= 11 is 1.46. The Morgan fingerprint density at radius 2 is 1.92 bits per heavy atom. The molecule has 1 aromatic rings. The minimum atomic E-state index is -0.0513. The first kappa shape index (κ1) is 19.8. The van der Waals surface area contributed by atoms with Crippen molar-refractivity contribution in [2.75, 3.05) is 19.3 Å². The molecule has 2 rings (SSSR count). The second-order valence-electron chi connectivity index (χ2n) is 6.69. The van der Waals surface area contributed by atoms with Gasteiger partial charge in [0, 0.05) is 24.5 Å². The van der Waals surface area contributed by atoms with Crippen LogP contribution in [0.4, 0.5) is 0 Å². The van der Waals surface area contributed by atoms with Gasteiger partial charge >= 0.3 is 0 Å². The van der Waals surface area contributed by atoms with Crippen LogP contribution in [0, 0.1) is 0 Å². The van der Waals surface area contributed by atoms with Crippen LogP contribution >= 0.6 is 11.8 Å². The summed E-state index contributed by atoms with van der Waals surface area (Å²) in [4.78, 5) is 27.6. The van der Waals surface area contributed by atoms with E-state index in [-0.39, 0.29) is 11.8 Å². The van der Waals surface area contributed by atoms with Crippen LogP contribution in [0.3, 0.4) is 0 Å². The smallest absolute Gasteiger partial charge is 0.252 e. The topological polar surface area (TPSA) is 49.4 Å². The highest BCUT2D eigenvalue weighted by atomic mass is 32.2. The second-order valence-corrected chi connectivity index (χ2v) is 7.71. The number of carbonyl (C=O) groups excluding carboxylic acids is 2. The molecule has 138 valence electrons. The van der Waals surface area contributed by atoms with Crippen molar-refractivity contribution in [2.24, 2.45) is 0 Å². The van der Waals surface area contributed by atoms with Crippen molar-refractivity contribution in [3.63, 3.8) is 0 Å². The lowest BCUT2D eigenvalue weighted by atomic mass is 9.94. The van der Waals surface area contributed by atoms with E-state index in [0.717, 1.165) is 30.6 Å². The summed E-state index contributed by atoms with van der Waals surface area (Å²) in [5.41, 5.74) is 0.664. The SMILES string of the molecule is CCCCNC(=O)c1ccccc1SCC(=O)N(C)C1CCCCC1. The highest BCUT2D eigenvalue weighted by Gasteiger charge is 2.22. The molecular weight excluding hydrogens is 332 g/mol. The van der Waals surface area contributed by atoms with Crippen LogP contribution in [0.5, 0.6) is 0 Å². The van der Waals surface area contributed by atoms with Gasteiger partial charge in [0.25, 0.3) is 5.91 Å². The fourth-order valence-electron chi connectivity index (χ4n) is 3.17. The Hall–Kier alpha value is -1.49. The summed E-state index contributed by atoms with van der Waals surface area (Å²) < 4.78 is 0. The molecule has 1 N–H and O–H groups in total.